The van der Waals surface area contributed by atoms with E-state index in [0.717, 1.165) is 37.3 Å². The topological polar surface area (TPSA) is 118 Å². The molecule has 2 atom stereocenters. The molecule has 13 heteroatoms. The Labute approximate surface area is 211 Å². The number of hydrogen-bond acceptors (Lipinski definition) is 11. The summed E-state index contributed by atoms with van der Waals surface area (Å²) in [6.45, 7) is 3.07. The van der Waals surface area contributed by atoms with Crippen molar-refractivity contribution in [2.75, 3.05) is 60.8 Å². The number of benzene rings is 1. The number of carbonyl (C=O) groups is 1. The number of amides is 1. The van der Waals surface area contributed by atoms with Gasteiger partial charge in [-0.2, -0.15) is 4.39 Å². The third-order valence-corrected chi connectivity index (χ3v) is 7.08. The van der Waals surface area contributed by atoms with Gasteiger partial charge in [-0.3, -0.25) is 10.1 Å². The average molecular weight is 515 g/mol. The minimum atomic E-state index is -0.787. The molecule has 36 heavy (non-hydrogen) atoms. The van der Waals surface area contributed by atoms with Gasteiger partial charge in [0, 0.05) is 52.1 Å². The van der Waals surface area contributed by atoms with E-state index in [-0.39, 0.29) is 18.1 Å². The lowest BCUT2D eigenvalue weighted by Crippen LogP contribution is -2.51. The third-order valence-electron chi connectivity index (χ3n) is 6.31. The summed E-state index contributed by atoms with van der Waals surface area (Å²) in [5.41, 5.74) is 1.78. The number of nitrogens with zero attached hydrogens (tertiary/aromatic N) is 6. The summed E-state index contributed by atoms with van der Waals surface area (Å²) in [7, 11) is 3.22. The molecule has 0 radical (unpaired) electrons. The highest BCUT2D eigenvalue weighted by Gasteiger charge is 2.29. The van der Waals surface area contributed by atoms with E-state index in [1.165, 1.54) is 24.5 Å². The number of ether oxygens (including phenoxy) is 2. The SMILES string of the molecule is COC1CN(c2cccc(C(OC)C(=O)Nc3nnc(N[C@@H]4CCN(c5ccc(F)nn5)C4)s3)c2)C1. The van der Waals surface area contributed by atoms with Crippen LogP contribution in [0.3, 0.4) is 0 Å². The lowest BCUT2D eigenvalue weighted by Gasteiger charge is -2.40. The zero-order valence-corrected chi connectivity index (χ0v) is 20.7. The highest BCUT2D eigenvalue weighted by atomic mass is 32.1. The van der Waals surface area contributed by atoms with Gasteiger partial charge in [0.05, 0.1) is 6.10 Å². The molecule has 2 saturated heterocycles. The first-order valence-corrected chi connectivity index (χ1v) is 12.4. The van der Waals surface area contributed by atoms with Gasteiger partial charge < -0.3 is 24.6 Å². The Morgan fingerprint density at radius 2 is 1.92 bits per heavy atom. The van der Waals surface area contributed by atoms with E-state index >= 15 is 0 Å². The second-order valence-electron chi connectivity index (χ2n) is 8.67. The molecule has 0 spiro atoms. The first-order valence-electron chi connectivity index (χ1n) is 11.6. The van der Waals surface area contributed by atoms with Crippen molar-refractivity contribution in [3.05, 3.63) is 47.9 Å². The van der Waals surface area contributed by atoms with Crippen LogP contribution in [0.15, 0.2) is 36.4 Å². The van der Waals surface area contributed by atoms with Crippen LogP contribution in [0.25, 0.3) is 0 Å². The zero-order chi connectivity index (χ0) is 25.1. The summed E-state index contributed by atoms with van der Waals surface area (Å²) >= 11 is 1.25. The second-order valence-corrected chi connectivity index (χ2v) is 9.64. The van der Waals surface area contributed by atoms with Crippen LogP contribution < -0.4 is 20.4 Å². The summed E-state index contributed by atoms with van der Waals surface area (Å²) in [5.74, 6) is -0.290. The minimum absolute atomic E-state index is 0.113. The molecule has 1 unspecified atom stereocenters. The zero-order valence-electron chi connectivity index (χ0n) is 19.9. The molecule has 190 valence electrons. The van der Waals surface area contributed by atoms with Crippen molar-refractivity contribution >= 4 is 39.0 Å². The van der Waals surface area contributed by atoms with Crippen LogP contribution in [0.2, 0.25) is 0 Å². The Balaban J connectivity index is 1.17. The van der Waals surface area contributed by atoms with Crippen molar-refractivity contribution < 1.29 is 18.7 Å². The molecule has 5 rings (SSSR count). The van der Waals surface area contributed by atoms with Crippen molar-refractivity contribution in [1.29, 1.82) is 0 Å². The number of nitrogens with one attached hydrogen (secondary N) is 2. The van der Waals surface area contributed by atoms with Gasteiger partial charge in [-0.15, -0.1) is 20.4 Å². The first kappa shape index (κ1) is 24.3. The standard InChI is InChI=1S/C23H27FN8O3S/c1-34-17-12-32(13-17)16-5-3-4-14(10-16)20(35-2)21(33)26-23-30-29-22(36-23)25-15-8-9-31(11-15)19-7-6-18(24)27-28-19/h3-7,10,15,17,20H,8-9,11-13H2,1-2H3,(H,25,29)(H,26,30,33)/t15-,20?/m1/s1. The number of anilines is 4. The molecule has 0 saturated carbocycles. The molecule has 11 nitrogen and oxygen atoms in total. The molecule has 1 aromatic carbocycles. The summed E-state index contributed by atoms with van der Waals surface area (Å²) in [6.07, 6.45) is 0.300. The van der Waals surface area contributed by atoms with Gasteiger partial charge in [0.1, 0.15) is 0 Å². The molecule has 2 aliphatic heterocycles. The number of rotatable bonds is 9. The molecule has 1 amide bonds. The third kappa shape index (κ3) is 5.37. The van der Waals surface area contributed by atoms with E-state index in [0.29, 0.717) is 22.6 Å². The van der Waals surface area contributed by atoms with Crippen LogP contribution >= 0.6 is 11.3 Å². The van der Waals surface area contributed by atoms with E-state index in [1.807, 2.05) is 29.2 Å². The largest absolute Gasteiger partial charge is 0.378 e. The van der Waals surface area contributed by atoms with Gasteiger partial charge in [-0.1, -0.05) is 23.5 Å². The highest BCUT2D eigenvalue weighted by molar-refractivity contribution is 7.19. The predicted octanol–water partition coefficient (Wildman–Crippen LogP) is 2.32. The van der Waals surface area contributed by atoms with Crippen LogP contribution in [0.4, 0.5) is 26.2 Å². The molecule has 2 fully saturated rings. The number of hydrogen-bond donors (Lipinski definition) is 2. The van der Waals surface area contributed by atoms with Crippen molar-refractivity contribution in [2.45, 2.75) is 24.7 Å². The molecular weight excluding hydrogens is 487 g/mol. The molecule has 2 aliphatic rings. The van der Waals surface area contributed by atoms with Gasteiger partial charge >= 0.3 is 0 Å². The van der Waals surface area contributed by atoms with Crippen LogP contribution in [0.1, 0.15) is 18.1 Å². The van der Waals surface area contributed by atoms with E-state index in [9.17, 15) is 9.18 Å². The maximum absolute atomic E-state index is 13.0. The van der Waals surface area contributed by atoms with Gasteiger partial charge in [0.15, 0.2) is 11.9 Å². The van der Waals surface area contributed by atoms with E-state index < -0.39 is 12.1 Å². The summed E-state index contributed by atoms with van der Waals surface area (Å²) < 4.78 is 23.9. The van der Waals surface area contributed by atoms with Crippen LogP contribution in [0, 0.1) is 5.95 Å². The molecule has 0 aliphatic carbocycles. The van der Waals surface area contributed by atoms with Crippen LogP contribution in [-0.4, -0.2) is 78.8 Å². The van der Waals surface area contributed by atoms with Gasteiger partial charge in [-0.05, 0) is 36.2 Å². The van der Waals surface area contributed by atoms with E-state index in [4.69, 9.17) is 9.47 Å². The Hall–Kier alpha value is -3.42. The minimum Gasteiger partial charge on any atom is -0.378 e. The Morgan fingerprint density at radius 3 is 2.67 bits per heavy atom. The van der Waals surface area contributed by atoms with Crippen LogP contribution in [0.5, 0.6) is 0 Å². The fourth-order valence-corrected chi connectivity index (χ4v) is 5.04. The predicted molar refractivity (Wildman–Crippen MR) is 134 cm³/mol. The molecule has 0 bridgehead atoms. The van der Waals surface area contributed by atoms with Crippen molar-refractivity contribution in [2.24, 2.45) is 0 Å². The normalized spacial score (nSPS) is 18.7. The first-order chi connectivity index (χ1) is 17.5. The monoisotopic (exact) mass is 514 g/mol. The van der Waals surface area contributed by atoms with Crippen molar-refractivity contribution in [3.8, 4) is 0 Å². The Morgan fingerprint density at radius 1 is 1.08 bits per heavy atom. The molecule has 3 aromatic rings. The van der Waals surface area contributed by atoms with Crippen molar-refractivity contribution in [1.82, 2.24) is 20.4 Å². The lowest BCUT2D eigenvalue weighted by molar-refractivity contribution is -0.126. The Kier molecular flexibility index (Phi) is 7.20. The summed E-state index contributed by atoms with van der Waals surface area (Å²) in [5, 5.41) is 22.8. The number of halogens is 1. The van der Waals surface area contributed by atoms with E-state index in [1.54, 1.807) is 13.2 Å². The summed E-state index contributed by atoms with van der Waals surface area (Å²) in [6, 6.07) is 10.8. The van der Waals surface area contributed by atoms with Crippen molar-refractivity contribution in [3.63, 3.8) is 0 Å². The maximum Gasteiger partial charge on any atom is 0.259 e. The summed E-state index contributed by atoms with van der Waals surface area (Å²) in [4.78, 5) is 17.2. The molecule has 4 heterocycles. The second kappa shape index (κ2) is 10.7. The Bertz CT molecular complexity index is 1190. The quantitative estimate of drug-likeness (QED) is 0.440. The van der Waals surface area contributed by atoms with Gasteiger partial charge in [-0.25, -0.2) is 0 Å². The fraction of sp³-hybridized carbons (Fsp3) is 0.435. The van der Waals surface area contributed by atoms with E-state index in [2.05, 4.69) is 35.9 Å². The maximum atomic E-state index is 13.0. The number of carbonyl (C=O) groups excluding carboxylic acids is 1. The average Bonchev–Trinajstić information content (AvgIpc) is 3.49. The lowest BCUT2D eigenvalue weighted by atomic mass is 10.0. The molecule has 2 N–H and O–H groups in total. The highest BCUT2D eigenvalue weighted by Crippen LogP contribution is 2.29. The molecule has 2 aromatic heterocycles. The number of aromatic nitrogens is 4. The molecular formula is C23H27FN8O3S. The fourth-order valence-electron chi connectivity index (χ4n) is 4.32. The van der Waals surface area contributed by atoms with Crippen LogP contribution in [-0.2, 0) is 14.3 Å². The smallest absolute Gasteiger partial charge is 0.259 e. The van der Waals surface area contributed by atoms with Gasteiger partial charge in [0.2, 0.25) is 16.2 Å². The number of methoxy groups -OCH3 is 2. The van der Waals surface area contributed by atoms with Gasteiger partial charge in [0.25, 0.3) is 5.91 Å².